The Bertz CT molecular complexity index is 572. The van der Waals surface area contributed by atoms with Crippen LogP contribution in [0.1, 0.15) is 21.7 Å². The number of likely N-dealkylation sites (N-methyl/N-ethyl adjacent to an activating group) is 1. The van der Waals surface area contributed by atoms with Crippen LogP contribution in [-0.4, -0.2) is 31.4 Å². The molecule has 2 aromatic rings. The molecule has 0 radical (unpaired) electrons. The van der Waals surface area contributed by atoms with E-state index in [2.05, 4.69) is 0 Å². The van der Waals surface area contributed by atoms with Gasteiger partial charge in [-0.1, -0.05) is 0 Å². The summed E-state index contributed by atoms with van der Waals surface area (Å²) in [7, 11) is 3.53. The molecule has 0 spiro atoms. The van der Waals surface area contributed by atoms with Crippen LogP contribution in [0.2, 0.25) is 0 Å². The molecule has 4 heteroatoms. The maximum atomic E-state index is 12.2. The number of hydrogen-bond acceptors (Lipinski definition) is 4. The molecule has 20 heavy (non-hydrogen) atoms. The SMILES string of the molecule is COc1ccc(C(=O)CN(C)Cc2ccoc2C)cc1. The van der Waals surface area contributed by atoms with Crippen LogP contribution in [0.3, 0.4) is 0 Å². The highest BCUT2D eigenvalue weighted by molar-refractivity contribution is 5.97. The first-order valence-corrected chi connectivity index (χ1v) is 6.49. The number of carbonyl (C=O) groups excluding carboxylic acids is 1. The summed E-state index contributed by atoms with van der Waals surface area (Å²) in [5.74, 6) is 1.74. The van der Waals surface area contributed by atoms with Crippen LogP contribution in [0.4, 0.5) is 0 Å². The zero-order valence-corrected chi connectivity index (χ0v) is 12.1. The molecule has 1 aromatic heterocycles. The molecule has 0 aliphatic heterocycles. The van der Waals surface area contributed by atoms with E-state index in [-0.39, 0.29) is 5.78 Å². The highest BCUT2D eigenvalue weighted by Crippen LogP contribution is 2.14. The lowest BCUT2D eigenvalue weighted by atomic mass is 10.1. The first-order chi connectivity index (χ1) is 9.60. The number of carbonyl (C=O) groups is 1. The van der Waals surface area contributed by atoms with Gasteiger partial charge >= 0.3 is 0 Å². The van der Waals surface area contributed by atoms with Crippen LogP contribution in [0, 0.1) is 6.92 Å². The molecule has 4 nitrogen and oxygen atoms in total. The molecule has 0 atom stereocenters. The standard InChI is InChI=1S/C16H19NO3/c1-12-14(8-9-20-12)10-17(2)11-16(18)13-4-6-15(19-3)7-5-13/h4-9H,10-11H2,1-3H3. The molecule has 0 fully saturated rings. The van der Waals surface area contributed by atoms with Crippen molar-refractivity contribution in [1.82, 2.24) is 4.90 Å². The summed E-state index contributed by atoms with van der Waals surface area (Å²) in [6.45, 7) is 3.00. The summed E-state index contributed by atoms with van der Waals surface area (Å²) < 4.78 is 10.3. The fraction of sp³-hybridized carbons (Fsp3) is 0.312. The number of furan rings is 1. The number of benzene rings is 1. The van der Waals surface area contributed by atoms with Crippen LogP contribution in [0.15, 0.2) is 41.0 Å². The van der Waals surface area contributed by atoms with Gasteiger partial charge in [-0.3, -0.25) is 9.69 Å². The largest absolute Gasteiger partial charge is 0.497 e. The van der Waals surface area contributed by atoms with Crippen molar-refractivity contribution >= 4 is 5.78 Å². The van der Waals surface area contributed by atoms with Crippen molar-refractivity contribution < 1.29 is 13.9 Å². The Balaban J connectivity index is 1.94. The molecule has 2 rings (SSSR count). The molecule has 0 amide bonds. The number of hydrogen-bond donors (Lipinski definition) is 0. The second kappa shape index (κ2) is 6.39. The van der Waals surface area contributed by atoms with Crippen molar-refractivity contribution in [2.24, 2.45) is 0 Å². The molecule has 0 aliphatic carbocycles. The van der Waals surface area contributed by atoms with E-state index in [0.29, 0.717) is 18.7 Å². The second-order valence-corrected chi connectivity index (χ2v) is 4.83. The van der Waals surface area contributed by atoms with Crippen LogP contribution in [0.5, 0.6) is 5.75 Å². The third kappa shape index (κ3) is 3.48. The normalized spacial score (nSPS) is 10.8. The monoisotopic (exact) mass is 273 g/mol. The van der Waals surface area contributed by atoms with Gasteiger partial charge in [-0.15, -0.1) is 0 Å². The molecule has 0 unspecified atom stereocenters. The zero-order chi connectivity index (χ0) is 14.5. The van der Waals surface area contributed by atoms with E-state index in [1.54, 1.807) is 37.6 Å². The molecule has 1 aromatic carbocycles. The quantitative estimate of drug-likeness (QED) is 0.759. The van der Waals surface area contributed by atoms with Gasteiger partial charge < -0.3 is 9.15 Å². The lowest BCUT2D eigenvalue weighted by molar-refractivity contribution is 0.0942. The number of aryl methyl sites for hydroxylation is 1. The van der Waals surface area contributed by atoms with E-state index in [1.807, 2.05) is 24.9 Å². The third-order valence-corrected chi connectivity index (χ3v) is 3.23. The number of ether oxygens (including phenoxy) is 1. The van der Waals surface area contributed by atoms with Gasteiger partial charge in [-0.2, -0.15) is 0 Å². The van der Waals surface area contributed by atoms with Gasteiger partial charge in [0, 0.05) is 17.7 Å². The molecule has 1 heterocycles. The van der Waals surface area contributed by atoms with Crippen molar-refractivity contribution in [3.63, 3.8) is 0 Å². The van der Waals surface area contributed by atoms with Gasteiger partial charge in [0.05, 0.1) is 19.9 Å². The zero-order valence-electron chi connectivity index (χ0n) is 12.1. The predicted octanol–water partition coefficient (Wildman–Crippen LogP) is 2.91. The highest BCUT2D eigenvalue weighted by Gasteiger charge is 2.11. The average Bonchev–Trinajstić information content (AvgIpc) is 2.84. The van der Waals surface area contributed by atoms with Crippen molar-refractivity contribution in [2.45, 2.75) is 13.5 Å². The fourth-order valence-corrected chi connectivity index (χ4v) is 2.04. The van der Waals surface area contributed by atoms with Gasteiger partial charge in [0.2, 0.25) is 0 Å². The fourth-order valence-electron chi connectivity index (χ4n) is 2.04. The van der Waals surface area contributed by atoms with Crippen molar-refractivity contribution in [2.75, 3.05) is 20.7 Å². The van der Waals surface area contributed by atoms with Gasteiger partial charge in [0.1, 0.15) is 11.5 Å². The summed E-state index contributed by atoms with van der Waals surface area (Å²) in [4.78, 5) is 14.1. The van der Waals surface area contributed by atoms with Crippen LogP contribution >= 0.6 is 0 Å². The Morgan fingerprint density at radius 3 is 2.50 bits per heavy atom. The highest BCUT2D eigenvalue weighted by atomic mass is 16.5. The first kappa shape index (κ1) is 14.3. The van der Waals surface area contributed by atoms with Crippen LogP contribution in [0.25, 0.3) is 0 Å². The van der Waals surface area contributed by atoms with Crippen LogP contribution < -0.4 is 4.74 Å². The van der Waals surface area contributed by atoms with Crippen molar-refractivity contribution in [3.05, 3.63) is 53.5 Å². The van der Waals surface area contributed by atoms with Crippen molar-refractivity contribution in [1.29, 1.82) is 0 Å². The molecule has 0 bridgehead atoms. The molecule has 0 saturated carbocycles. The third-order valence-electron chi connectivity index (χ3n) is 3.23. The topological polar surface area (TPSA) is 42.7 Å². The Hall–Kier alpha value is -2.07. The summed E-state index contributed by atoms with van der Waals surface area (Å²) in [6.07, 6.45) is 1.67. The number of nitrogens with zero attached hydrogens (tertiary/aromatic N) is 1. The lowest BCUT2D eigenvalue weighted by Gasteiger charge is -2.15. The Morgan fingerprint density at radius 1 is 1.25 bits per heavy atom. The Kier molecular flexibility index (Phi) is 4.58. The Labute approximate surface area is 119 Å². The van der Waals surface area contributed by atoms with Crippen molar-refractivity contribution in [3.8, 4) is 5.75 Å². The summed E-state index contributed by atoms with van der Waals surface area (Å²) in [5.41, 5.74) is 1.80. The predicted molar refractivity (Wildman–Crippen MR) is 77.1 cm³/mol. The van der Waals surface area contributed by atoms with Gasteiger partial charge in [0.25, 0.3) is 0 Å². The van der Waals surface area contributed by atoms with E-state index in [4.69, 9.17) is 9.15 Å². The van der Waals surface area contributed by atoms with Crippen LogP contribution in [-0.2, 0) is 6.54 Å². The first-order valence-electron chi connectivity index (χ1n) is 6.49. The molecule has 0 saturated heterocycles. The van der Waals surface area contributed by atoms with Gasteiger partial charge in [0.15, 0.2) is 5.78 Å². The number of rotatable bonds is 6. The summed E-state index contributed by atoms with van der Waals surface area (Å²) in [6, 6.07) is 9.11. The summed E-state index contributed by atoms with van der Waals surface area (Å²) >= 11 is 0. The minimum atomic E-state index is 0.0938. The van der Waals surface area contributed by atoms with Gasteiger partial charge in [-0.05, 0) is 44.3 Å². The molecule has 106 valence electrons. The van der Waals surface area contributed by atoms with E-state index in [1.165, 1.54) is 0 Å². The van der Waals surface area contributed by atoms with E-state index in [9.17, 15) is 4.79 Å². The molecule has 0 aliphatic rings. The Morgan fingerprint density at radius 2 is 1.95 bits per heavy atom. The van der Waals surface area contributed by atoms with E-state index >= 15 is 0 Å². The van der Waals surface area contributed by atoms with Gasteiger partial charge in [-0.25, -0.2) is 0 Å². The summed E-state index contributed by atoms with van der Waals surface area (Å²) in [5, 5.41) is 0. The number of ketones is 1. The number of Topliss-reactive ketones (excluding diaryl/α,β-unsaturated/α-hetero) is 1. The lowest BCUT2D eigenvalue weighted by Crippen LogP contribution is -2.25. The molecular formula is C16H19NO3. The maximum Gasteiger partial charge on any atom is 0.176 e. The average molecular weight is 273 g/mol. The molecular weight excluding hydrogens is 254 g/mol. The number of methoxy groups -OCH3 is 1. The molecule has 0 N–H and O–H groups in total. The smallest absolute Gasteiger partial charge is 0.176 e. The minimum absolute atomic E-state index is 0.0938. The minimum Gasteiger partial charge on any atom is -0.497 e. The van der Waals surface area contributed by atoms with E-state index < -0.39 is 0 Å². The second-order valence-electron chi connectivity index (χ2n) is 4.83. The maximum absolute atomic E-state index is 12.2. The van der Waals surface area contributed by atoms with E-state index in [0.717, 1.165) is 17.1 Å².